The summed E-state index contributed by atoms with van der Waals surface area (Å²) >= 11 is 0. The van der Waals surface area contributed by atoms with E-state index in [-0.39, 0.29) is 22.7 Å². The molecule has 55 heavy (non-hydrogen) atoms. The van der Waals surface area contributed by atoms with E-state index in [2.05, 4.69) is 69.4 Å². The van der Waals surface area contributed by atoms with Crippen molar-refractivity contribution in [3.63, 3.8) is 0 Å². The van der Waals surface area contributed by atoms with Gasteiger partial charge in [0.2, 0.25) is 8.32 Å². The molecule has 0 unspecified atom stereocenters. The predicted octanol–water partition coefficient (Wildman–Crippen LogP) is 9.19. The number of rotatable bonds is 8. The third-order valence-corrected chi connectivity index (χ3v) is 16.1. The minimum atomic E-state index is -2.87. The fourth-order valence-corrected chi connectivity index (χ4v) is 8.40. The molecule has 2 aliphatic heterocycles. The smallest absolute Gasteiger partial charge is 0.333 e. The third kappa shape index (κ3) is 7.25. The second-order valence-electron chi connectivity index (χ2n) is 16.4. The fraction of sp³-hybridized carbons (Fsp3) is 0.372. The van der Waals surface area contributed by atoms with Crippen LogP contribution < -0.4 is 14.6 Å². The first-order chi connectivity index (χ1) is 26.0. The second-order valence-corrected chi connectivity index (χ2v) is 21.1. The van der Waals surface area contributed by atoms with E-state index in [0.717, 1.165) is 47.3 Å². The van der Waals surface area contributed by atoms with Crippen molar-refractivity contribution in [1.29, 1.82) is 0 Å². The zero-order chi connectivity index (χ0) is 39.4. The van der Waals surface area contributed by atoms with Crippen LogP contribution >= 0.6 is 0 Å². The summed E-state index contributed by atoms with van der Waals surface area (Å²) in [5, 5.41) is 7.29. The van der Waals surface area contributed by atoms with Crippen LogP contribution in [0.1, 0.15) is 82.9 Å². The molecule has 0 saturated carbocycles. The molecule has 12 heteroatoms. The van der Waals surface area contributed by atoms with E-state index in [0.29, 0.717) is 46.0 Å². The summed E-state index contributed by atoms with van der Waals surface area (Å²) in [6.45, 7) is 13.9. The Kier molecular flexibility index (Phi) is 10.1. The molecule has 0 bridgehead atoms. The van der Waals surface area contributed by atoms with Crippen molar-refractivity contribution in [1.82, 2.24) is 24.6 Å². The van der Waals surface area contributed by atoms with Gasteiger partial charge in [-0.1, -0.05) is 45.0 Å². The van der Waals surface area contributed by atoms with E-state index in [1.807, 2.05) is 59.8 Å². The molecule has 7 rings (SSSR count). The van der Waals surface area contributed by atoms with Gasteiger partial charge in [0.1, 0.15) is 5.75 Å². The van der Waals surface area contributed by atoms with Crippen molar-refractivity contribution in [2.75, 3.05) is 11.4 Å². The Labute approximate surface area is 323 Å². The van der Waals surface area contributed by atoms with Gasteiger partial charge in [-0.2, -0.15) is 13.9 Å². The molecule has 3 aromatic carbocycles. The van der Waals surface area contributed by atoms with Crippen molar-refractivity contribution < 1.29 is 22.8 Å². The molecule has 5 aromatic rings. The van der Waals surface area contributed by atoms with Gasteiger partial charge >= 0.3 is 6.55 Å². The summed E-state index contributed by atoms with van der Waals surface area (Å²) in [6, 6.07) is 21.4. The number of nitrogens with zero attached hydrogens (tertiary/aromatic N) is 5. The average molecular weight is 765 g/mol. The number of anilines is 2. The van der Waals surface area contributed by atoms with Crippen LogP contribution in [0.3, 0.4) is 0 Å². The monoisotopic (exact) mass is 764 g/mol. The van der Waals surface area contributed by atoms with Gasteiger partial charge in [-0.25, -0.2) is 4.68 Å². The van der Waals surface area contributed by atoms with E-state index >= 15 is 0 Å². The van der Waals surface area contributed by atoms with Crippen LogP contribution in [0, 0.1) is 6.92 Å². The normalized spacial score (nSPS) is 15.8. The number of hydrogen-bond donors (Lipinski definition) is 1. The Morgan fingerprint density at radius 2 is 1.67 bits per heavy atom. The lowest BCUT2D eigenvalue weighted by atomic mass is 9.90. The van der Waals surface area contributed by atoms with E-state index in [9.17, 15) is 18.4 Å². The third-order valence-electron chi connectivity index (χ3n) is 11.8. The SMILES string of the molecule is Cc1c(C(=O)N(c2ccc(O[Si](C)(C)C(C)(C)C)cc2)c2cnn(C(F)F)c2)cc(-c2cc3c(cc2C(=O)N2Cc4ccccc4C[C@H]2C)CNCC3)n1C. The van der Waals surface area contributed by atoms with Gasteiger partial charge in [-0.3, -0.25) is 14.5 Å². The van der Waals surface area contributed by atoms with Gasteiger partial charge in [0, 0.05) is 54.4 Å². The van der Waals surface area contributed by atoms with Crippen molar-refractivity contribution in [2.24, 2.45) is 7.05 Å². The second kappa shape index (κ2) is 14.5. The molecule has 2 amide bonds. The van der Waals surface area contributed by atoms with E-state index in [1.165, 1.54) is 22.9 Å². The molecule has 1 N–H and O–H groups in total. The number of carbonyl (C=O) groups is 2. The predicted molar refractivity (Wildman–Crippen MR) is 215 cm³/mol. The highest BCUT2D eigenvalue weighted by Crippen LogP contribution is 2.39. The van der Waals surface area contributed by atoms with Gasteiger partial charge in [-0.15, -0.1) is 0 Å². The first kappa shape index (κ1) is 38.2. The summed E-state index contributed by atoms with van der Waals surface area (Å²) in [6.07, 6.45) is 4.03. The van der Waals surface area contributed by atoms with Crippen molar-refractivity contribution in [3.8, 4) is 17.0 Å². The Morgan fingerprint density at radius 3 is 2.35 bits per heavy atom. The average Bonchev–Trinajstić information content (AvgIpc) is 3.75. The minimum Gasteiger partial charge on any atom is -0.544 e. The Morgan fingerprint density at radius 1 is 0.964 bits per heavy atom. The molecular weight excluding hydrogens is 715 g/mol. The number of fused-ring (bicyclic) bond motifs is 2. The summed E-state index contributed by atoms with van der Waals surface area (Å²) in [5.41, 5.74) is 8.44. The lowest BCUT2D eigenvalue weighted by Gasteiger charge is -2.36. The number of hydrogen-bond acceptors (Lipinski definition) is 5. The van der Waals surface area contributed by atoms with Crippen molar-refractivity contribution >= 4 is 31.5 Å². The van der Waals surface area contributed by atoms with E-state index < -0.39 is 20.8 Å². The molecule has 4 heterocycles. The largest absolute Gasteiger partial charge is 0.544 e. The summed E-state index contributed by atoms with van der Waals surface area (Å²) in [7, 11) is -0.253. The Bertz CT molecular complexity index is 2250. The number of alkyl halides is 2. The molecule has 2 aliphatic rings. The highest BCUT2D eigenvalue weighted by molar-refractivity contribution is 6.74. The zero-order valence-electron chi connectivity index (χ0n) is 32.9. The Balaban J connectivity index is 1.30. The first-order valence-corrected chi connectivity index (χ1v) is 21.8. The number of aromatic nitrogens is 3. The lowest BCUT2D eigenvalue weighted by Crippen LogP contribution is -2.43. The van der Waals surface area contributed by atoms with Crippen LogP contribution in [0.5, 0.6) is 5.75 Å². The van der Waals surface area contributed by atoms with E-state index in [1.54, 1.807) is 12.1 Å². The number of benzene rings is 3. The maximum atomic E-state index is 14.8. The standard InChI is InChI=1S/C43H50F2N6O3Si/c1-27-19-29-11-9-10-12-31(29)25-49(27)40(52)38-21-32-23-46-18-17-30(32)20-37(38)39-22-36(28(2)48(39)6)41(53)51(34-24-47-50(26-34)42(44)45)33-13-15-35(16-14-33)54-55(7,8)43(3,4)5/h9-16,20-22,24,26-27,42,46H,17-19,23,25H2,1-8H3/t27-/m1/s1. The van der Waals surface area contributed by atoms with Crippen molar-refractivity contribution in [3.05, 3.63) is 118 Å². The summed E-state index contributed by atoms with van der Waals surface area (Å²) in [5.74, 6) is 0.205. The summed E-state index contributed by atoms with van der Waals surface area (Å²) in [4.78, 5) is 32.9. The quantitative estimate of drug-likeness (QED) is 0.159. The van der Waals surface area contributed by atoms with Crippen LogP contribution in [0.25, 0.3) is 11.3 Å². The molecule has 288 valence electrons. The van der Waals surface area contributed by atoms with Gasteiger partial charge in [0.15, 0.2) is 0 Å². The lowest BCUT2D eigenvalue weighted by molar-refractivity contribution is 0.0566. The Hall–Kier alpha value is -5.07. The number of nitrogens with one attached hydrogen (secondary N) is 1. The molecule has 0 aliphatic carbocycles. The van der Waals surface area contributed by atoms with Crippen LogP contribution in [0.15, 0.2) is 79.1 Å². The first-order valence-electron chi connectivity index (χ1n) is 18.9. The molecule has 0 radical (unpaired) electrons. The fourth-order valence-electron chi connectivity index (χ4n) is 7.37. The maximum absolute atomic E-state index is 14.8. The summed E-state index contributed by atoms with van der Waals surface area (Å²) < 4.78 is 36.5. The van der Waals surface area contributed by atoms with Crippen LogP contribution in [0.4, 0.5) is 20.2 Å². The van der Waals surface area contributed by atoms with Gasteiger partial charge in [-0.05, 0) is 116 Å². The molecule has 1 atom stereocenters. The molecular formula is C43H50F2N6O3Si. The number of halogens is 2. The van der Waals surface area contributed by atoms with E-state index in [4.69, 9.17) is 4.43 Å². The van der Waals surface area contributed by atoms with Crippen molar-refractivity contribution in [2.45, 2.75) is 91.3 Å². The maximum Gasteiger partial charge on any atom is 0.333 e. The molecule has 0 fully saturated rings. The molecule has 2 aromatic heterocycles. The van der Waals surface area contributed by atoms with Gasteiger partial charge in [0.05, 0.1) is 23.6 Å². The number of carbonyl (C=O) groups excluding carboxylic acids is 2. The topological polar surface area (TPSA) is 84.6 Å². The molecule has 9 nitrogen and oxygen atoms in total. The van der Waals surface area contributed by atoms with Crippen LogP contribution in [-0.2, 0) is 33.0 Å². The zero-order valence-corrected chi connectivity index (χ0v) is 33.9. The number of amides is 2. The molecule has 0 saturated heterocycles. The van der Waals surface area contributed by atoms with Gasteiger partial charge in [0.25, 0.3) is 11.8 Å². The van der Waals surface area contributed by atoms with Gasteiger partial charge < -0.3 is 19.2 Å². The molecule has 0 spiro atoms. The highest BCUT2D eigenvalue weighted by Gasteiger charge is 2.39. The van der Waals surface area contributed by atoms with Crippen LogP contribution in [0.2, 0.25) is 18.1 Å². The highest BCUT2D eigenvalue weighted by atomic mass is 28.4. The van der Waals surface area contributed by atoms with Crippen LogP contribution in [-0.4, -0.2) is 52.0 Å². The minimum absolute atomic E-state index is 0.00178.